The smallest absolute Gasteiger partial charge is 0.311 e. The number of amides is 1. The first-order valence-corrected chi connectivity index (χ1v) is 6.72. The summed E-state index contributed by atoms with van der Waals surface area (Å²) in [4.78, 5) is 23.2. The van der Waals surface area contributed by atoms with Gasteiger partial charge in [-0.1, -0.05) is 18.6 Å². The van der Waals surface area contributed by atoms with Crippen molar-refractivity contribution in [1.29, 1.82) is 0 Å². The van der Waals surface area contributed by atoms with Gasteiger partial charge in [0.25, 0.3) is 0 Å². The molecule has 0 aliphatic heterocycles. The van der Waals surface area contributed by atoms with E-state index in [0.717, 1.165) is 25.7 Å². The van der Waals surface area contributed by atoms with Gasteiger partial charge >= 0.3 is 5.97 Å². The molecule has 0 aromatic rings. The molecule has 0 spiro atoms. The zero-order chi connectivity index (χ0) is 13.2. The van der Waals surface area contributed by atoms with Crippen LogP contribution in [0.5, 0.6) is 0 Å². The van der Waals surface area contributed by atoms with Crippen molar-refractivity contribution in [3.63, 3.8) is 0 Å². The van der Waals surface area contributed by atoms with Crippen molar-refractivity contribution in [2.24, 2.45) is 11.3 Å². The molecule has 0 radical (unpaired) electrons. The maximum absolute atomic E-state index is 11.9. The van der Waals surface area contributed by atoms with Crippen molar-refractivity contribution in [3.05, 3.63) is 12.2 Å². The number of hydrogen-bond acceptors (Lipinski definition) is 2. The highest BCUT2D eigenvalue weighted by atomic mass is 16.4. The van der Waals surface area contributed by atoms with Gasteiger partial charge in [0.2, 0.25) is 5.91 Å². The van der Waals surface area contributed by atoms with Crippen molar-refractivity contribution in [1.82, 2.24) is 5.32 Å². The van der Waals surface area contributed by atoms with E-state index >= 15 is 0 Å². The van der Waals surface area contributed by atoms with Gasteiger partial charge in [0.05, 0.1) is 5.41 Å². The number of carboxylic acids is 1. The summed E-state index contributed by atoms with van der Waals surface area (Å²) in [6, 6.07) is -0.215. The molecule has 100 valence electrons. The van der Waals surface area contributed by atoms with Crippen LogP contribution < -0.4 is 5.32 Å². The number of aliphatic carboxylic acids is 1. The Kier molecular flexibility index (Phi) is 3.73. The summed E-state index contributed by atoms with van der Waals surface area (Å²) >= 11 is 0. The number of nitrogens with one attached hydrogen (secondary N) is 1. The Bertz CT molecular complexity index is 377. The van der Waals surface area contributed by atoms with Crippen molar-refractivity contribution < 1.29 is 14.7 Å². The fourth-order valence-electron chi connectivity index (χ4n) is 3.01. The van der Waals surface area contributed by atoms with Crippen LogP contribution >= 0.6 is 0 Å². The number of carbonyl (C=O) groups is 2. The normalized spacial score (nSPS) is 34.7. The third kappa shape index (κ3) is 2.57. The van der Waals surface area contributed by atoms with Crippen LogP contribution in [0.25, 0.3) is 0 Å². The van der Waals surface area contributed by atoms with Crippen molar-refractivity contribution >= 4 is 11.9 Å². The minimum atomic E-state index is -0.800. The molecule has 2 N–H and O–H groups in total. The zero-order valence-corrected chi connectivity index (χ0v) is 10.8. The summed E-state index contributed by atoms with van der Waals surface area (Å²) in [7, 11) is 0. The molecular formula is C14H21NO3. The Morgan fingerprint density at radius 2 is 2.22 bits per heavy atom. The van der Waals surface area contributed by atoms with E-state index in [4.69, 9.17) is 0 Å². The highest BCUT2D eigenvalue weighted by Crippen LogP contribution is 2.38. The van der Waals surface area contributed by atoms with Crippen LogP contribution in [0, 0.1) is 11.3 Å². The monoisotopic (exact) mass is 251 g/mol. The number of rotatable bonds is 4. The highest BCUT2D eigenvalue weighted by molar-refractivity contribution is 5.80. The number of carbonyl (C=O) groups excluding carboxylic acids is 1. The molecule has 1 saturated carbocycles. The van der Waals surface area contributed by atoms with E-state index in [-0.39, 0.29) is 11.9 Å². The van der Waals surface area contributed by atoms with Crippen LogP contribution in [0.15, 0.2) is 12.2 Å². The highest BCUT2D eigenvalue weighted by Gasteiger charge is 2.45. The molecule has 0 aromatic carbocycles. The minimum absolute atomic E-state index is 0.00840. The second kappa shape index (κ2) is 5.12. The Morgan fingerprint density at radius 1 is 1.44 bits per heavy atom. The van der Waals surface area contributed by atoms with Gasteiger partial charge in [-0.15, -0.1) is 0 Å². The zero-order valence-electron chi connectivity index (χ0n) is 10.8. The molecule has 2 aliphatic carbocycles. The Balaban J connectivity index is 1.90. The fraction of sp³-hybridized carbons (Fsp3) is 0.714. The molecule has 4 nitrogen and oxygen atoms in total. The molecule has 1 amide bonds. The maximum Gasteiger partial charge on any atom is 0.311 e. The van der Waals surface area contributed by atoms with E-state index in [1.165, 1.54) is 0 Å². The molecule has 1 fully saturated rings. The Hall–Kier alpha value is -1.32. The second-order valence-corrected chi connectivity index (χ2v) is 5.70. The molecule has 3 unspecified atom stereocenters. The van der Waals surface area contributed by atoms with Gasteiger partial charge in [0, 0.05) is 12.5 Å². The molecule has 0 aromatic heterocycles. The predicted molar refractivity (Wildman–Crippen MR) is 68.0 cm³/mol. The summed E-state index contributed by atoms with van der Waals surface area (Å²) < 4.78 is 0. The van der Waals surface area contributed by atoms with Gasteiger partial charge in [0.1, 0.15) is 0 Å². The first-order valence-electron chi connectivity index (χ1n) is 6.72. The first kappa shape index (κ1) is 13.1. The molecule has 0 bridgehead atoms. The fourth-order valence-corrected chi connectivity index (χ4v) is 3.01. The third-order valence-corrected chi connectivity index (χ3v) is 4.34. The summed E-state index contributed by atoms with van der Waals surface area (Å²) in [5.74, 6) is -0.473. The quantitative estimate of drug-likeness (QED) is 0.752. The second-order valence-electron chi connectivity index (χ2n) is 5.70. The summed E-state index contributed by atoms with van der Waals surface area (Å²) in [5, 5.41) is 12.2. The molecule has 3 atom stereocenters. The van der Waals surface area contributed by atoms with Crippen LogP contribution in [0.2, 0.25) is 0 Å². The summed E-state index contributed by atoms with van der Waals surface area (Å²) in [6.45, 7) is 1.74. The lowest BCUT2D eigenvalue weighted by molar-refractivity contribution is -0.149. The van der Waals surface area contributed by atoms with Gasteiger partial charge in [-0.25, -0.2) is 0 Å². The predicted octanol–water partition coefficient (Wildman–Crippen LogP) is 2.10. The standard InChI is InChI=1S/C14H21NO3/c1-14(13(17)18)8-4-7-11(14)15-12(16)9-10-5-2-3-6-10/h2,5,10-11H,3-4,6-9H2,1H3,(H,15,16)(H,17,18). The topological polar surface area (TPSA) is 66.4 Å². The van der Waals surface area contributed by atoms with Gasteiger partial charge in [0.15, 0.2) is 0 Å². The molecule has 2 aliphatic rings. The molecule has 0 heterocycles. The molecular weight excluding hydrogens is 230 g/mol. The molecule has 18 heavy (non-hydrogen) atoms. The number of hydrogen-bond donors (Lipinski definition) is 2. The molecule has 2 rings (SSSR count). The van der Waals surface area contributed by atoms with Crippen LogP contribution in [0.1, 0.15) is 45.4 Å². The maximum atomic E-state index is 11.9. The number of carboxylic acid groups (broad SMARTS) is 1. The lowest BCUT2D eigenvalue weighted by Gasteiger charge is -2.28. The van der Waals surface area contributed by atoms with Gasteiger partial charge in [-0.3, -0.25) is 9.59 Å². The Labute approximate surface area is 107 Å². The SMILES string of the molecule is CC1(C(=O)O)CCCC1NC(=O)CC1C=CCC1. The van der Waals surface area contributed by atoms with Crippen LogP contribution in [0.4, 0.5) is 0 Å². The van der Waals surface area contributed by atoms with E-state index in [1.807, 2.05) is 0 Å². The van der Waals surface area contributed by atoms with Gasteiger partial charge in [-0.05, 0) is 38.5 Å². The molecule has 0 saturated heterocycles. The number of allylic oxidation sites excluding steroid dienone is 2. The lowest BCUT2D eigenvalue weighted by atomic mass is 9.84. The van der Waals surface area contributed by atoms with Gasteiger partial charge in [-0.2, -0.15) is 0 Å². The minimum Gasteiger partial charge on any atom is -0.481 e. The van der Waals surface area contributed by atoms with E-state index in [1.54, 1.807) is 6.92 Å². The lowest BCUT2D eigenvalue weighted by Crippen LogP contribution is -2.47. The van der Waals surface area contributed by atoms with Gasteiger partial charge < -0.3 is 10.4 Å². The summed E-state index contributed by atoms with van der Waals surface area (Å²) in [6.07, 6.45) is 9.06. The average molecular weight is 251 g/mol. The van der Waals surface area contributed by atoms with E-state index in [9.17, 15) is 14.7 Å². The van der Waals surface area contributed by atoms with E-state index < -0.39 is 11.4 Å². The van der Waals surface area contributed by atoms with Crippen molar-refractivity contribution in [3.8, 4) is 0 Å². The summed E-state index contributed by atoms with van der Waals surface area (Å²) in [5.41, 5.74) is -0.791. The van der Waals surface area contributed by atoms with Crippen molar-refractivity contribution in [2.45, 2.75) is 51.5 Å². The first-order chi connectivity index (χ1) is 8.52. The average Bonchev–Trinajstić information content (AvgIpc) is 2.90. The largest absolute Gasteiger partial charge is 0.481 e. The van der Waals surface area contributed by atoms with Crippen LogP contribution in [0.3, 0.4) is 0 Å². The molecule has 4 heteroatoms. The van der Waals surface area contributed by atoms with E-state index in [0.29, 0.717) is 18.8 Å². The van der Waals surface area contributed by atoms with Crippen LogP contribution in [-0.4, -0.2) is 23.0 Å². The van der Waals surface area contributed by atoms with Crippen molar-refractivity contribution in [2.75, 3.05) is 0 Å². The third-order valence-electron chi connectivity index (χ3n) is 4.34. The van der Waals surface area contributed by atoms with E-state index in [2.05, 4.69) is 17.5 Å². The Morgan fingerprint density at radius 3 is 2.83 bits per heavy atom. The van der Waals surface area contributed by atoms with Crippen LogP contribution in [-0.2, 0) is 9.59 Å².